The molecule has 1 aromatic carbocycles. The molecule has 1 aliphatic heterocycles. The van der Waals surface area contributed by atoms with Crippen LogP contribution in [0.5, 0.6) is 5.75 Å². The van der Waals surface area contributed by atoms with Crippen molar-refractivity contribution in [2.24, 2.45) is 7.05 Å². The van der Waals surface area contributed by atoms with Gasteiger partial charge in [0.25, 0.3) is 0 Å². The molecule has 7 nitrogen and oxygen atoms in total. The largest absolute Gasteiger partial charge is 0.496 e. The minimum absolute atomic E-state index is 0.234. The monoisotopic (exact) mass is 455 g/mol. The van der Waals surface area contributed by atoms with Crippen molar-refractivity contribution in [3.63, 3.8) is 0 Å². The predicted octanol–water partition coefficient (Wildman–Crippen LogP) is -0.598. The van der Waals surface area contributed by atoms with E-state index in [-0.39, 0.29) is 12.6 Å². The molecule has 28 heavy (non-hydrogen) atoms. The number of esters is 1. The number of ether oxygens (including phenoxy) is 2. The van der Waals surface area contributed by atoms with Crippen molar-refractivity contribution < 1.29 is 29.2 Å². The van der Waals surface area contributed by atoms with Gasteiger partial charge in [-0.3, -0.25) is 0 Å². The van der Waals surface area contributed by atoms with Crippen LogP contribution in [0.4, 0.5) is 0 Å². The normalized spacial score (nSPS) is 19.8. The number of fused-ring (bicyclic) bond motifs is 1. The van der Waals surface area contributed by atoms with Crippen LogP contribution in [0.1, 0.15) is 23.0 Å². The zero-order valence-corrected chi connectivity index (χ0v) is 18.4. The van der Waals surface area contributed by atoms with Crippen LogP contribution in [-0.2, 0) is 18.3 Å². The maximum atomic E-state index is 12.8. The highest BCUT2D eigenvalue weighted by atomic mass is 79.9. The molecular formula is C20H30BrN3O4+2. The number of nitrogens with one attached hydrogen (secondary N) is 2. The van der Waals surface area contributed by atoms with Gasteiger partial charge in [0.1, 0.15) is 45.0 Å². The van der Waals surface area contributed by atoms with E-state index in [9.17, 15) is 4.79 Å². The summed E-state index contributed by atoms with van der Waals surface area (Å²) >= 11 is 3.55. The standard InChI is InChI=1S/C20H28BrN3O4/c1-4-28-20(26)19-14-11-18(27-3)15(21)12-16(14)22(2)17(19)13-24-7-5-23(6-8-24)9-10-25/h11-12,25H,4-10,13H2,1-3H3/p+2. The number of aliphatic hydroxyl groups excluding tert-OH is 1. The van der Waals surface area contributed by atoms with Gasteiger partial charge in [-0.1, -0.05) is 0 Å². The highest BCUT2D eigenvalue weighted by molar-refractivity contribution is 9.10. The van der Waals surface area contributed by atoms with E-state index in [4.69, 9.17) is 14.6 Å². The number of rotatable bonds is 7. The van der Waals surface area contributed by atoms with Crippen molar-refractivity contribution in [3.05, 3.63) is 27.9 Å². The Balaban J connectivity index is 1.97. The van der Waals surface area contributed by atoms with Crippen LogP contribution in [0, 0.1) is 0 Å². The minimum atomic E-state index is -0.281. The van der Waals surface area contributed by atoms with Crippen molar-refractivity contribution in [3.8, 4) is 5.75 Å². The maximum absolute atomic E-state index is 12.8. The Kier molecular flexibility index (Phi) is 6.98. The molecular weight excluding hydrogens is 426 g/mol. The number of aliphatic hydroxyl groups is 1. The Morgan fingerprint density at radius 3 is 2.54 bits per heavy atom. The van der Waals surface area contributed by atoms with Crippen molar-refractivity contribution in [1.82, 2.24) is 4.57 Å². The van der Waals surface area contributed by atoms with Crippen LogP contribution >= 0.6 is 15.9 Å². The van der Waals surface area contributed by atoms with Crippen LogP contribution in [0.25, 0.3) is 10.9 Å². The molecule has 2 aromatic rings. The summed E-state index contributed by atoms with van der Waals surface area (Å²) in [5.41, 5.74) is 2.62. The second-order valence-electron chi connectivity index (χ2n) is 7.26. The van der Waals surface area contributed by atoms with E-state index >= 15 is 0 Å². The number of piperazine rings is 1. The number of benzene rings is 1. The van der Waals surface area contributed by atoms with E-state index in [2.05, 4.69) is 20.5 Å². The molecule has 0 saturated carbocycles. The van der Waals surface area contributed by atoms with E-state index in [1.165, 1.54) is 9.80 Å². The number of quaternary nitrogens is 2. The quantitative estimate of drug-likeness (QED) is 0.487. The van der Waals surface area contributed by atoms with E-state index in [0.717, 1.165) is 60.3 Å². The lowest BCUT2D eigenvalue weighted by Crippen LogP contribution is -3.27. The topological polar surface area (TPSA) is 69.6 Å². The predicted molar refractivity (Wildman–Crippen MR) is 110 cm³/mol. The molecule has 8 heteroatoms. The lowest BCUT2D eigenvalue weighted by molar-refractivity contribution is -1.02. The van der Waals surface area contributed by atoms with E-state index < -0.39 is 0 Å². The number of hydrogen-bond donors (Lipinski definition) is 3. The van der Waals surface area contributed by atoms with Gasteiger partial charge in [-0.2, -0.15) is 0 Å². The van der Waals surface area contributed by atoms with Crippen LogP contribution in [0.3, 0.4) is 0 Å². The number of methoxy groups -OCH3 is 1. The average Bonchev–Trinajstić information content (AvgIpc) is 2.94. The summed E-state index contributed by atoms with van der Waals surface area (Å²) in [7, 11) is 3.63. The Labute approximate surface area is 173 Å². The average molecular weight is 456 g/mol. The fraction of sp³-hybridized carbons (Fsp3) is 0.550. The molecule has 3 N–H and O–H groups in total. The number of nitrogens with zero attached hydrogens (tertiary/aromatic N) is 1. The van der Waals surface area contributed by atoms with Crippen LogP contribution in [-0.4, -0.2) is 68.7 Å². The minimum Gasteiger partial charge on any atom is -0.496 e. The first-order valence-electron chi connectivity index (χ1n) is 9.80. The van der Waals surface area contributed by atoms with Gasteiger partial charge in [-0.05, 0) is 35.0 Å². The maximum Gasteiger partial charge on any atom is 0.340 e. The second kappa shape index (κ2) is 9.26. The first kappa shape index (κ1) is 21.1. The number of aryl methyl sites for hydroxylation is 1. The summed E-state index contributed by atoms with van der Waals surface area (Å²) in [6.07, 6.45) is 0. The molecule has 0 bridgehead atoms. The lowest BCUT2D eigenvalue weighted by Gasteiger charge is -2.29. The zero-order valence-electron chi connectivity index (χ0n) is 16.8. The summed E-state index contributed by atoms with van der Waals surface area (Å²) in [5, 5.41) is 10.0. The summed E-state index contributed by atoms with van der Waals surface area (Å²) in [5.74, 6) is 0.417. The Morgan fingerprint density at radius 2 is 1.93 bits per heavy atom. The second-order valence-corrected chi connectivity index (χ2v) is 8.11. The molecule has 0 radical (unpaired) electrons. The van der Waals surface area contributed by atoms with Crippen LogP contribution in [0.2, 0.25) is 0 Å². The molecule has 1 aliphatic rings. The number of carbonyl (C=O) groups excluding carboxylic acids is 1. The molecule has 2 heterocycles. The molecule has 0 unspecified atom stereocenters. The first-order chi connectivity index (χ1) is 13.5. The molecule has 1 fully saturated rings. The van der Waals surface area contributed by atoms with Crippen LogP contribution in [0.15, 0.2) is 16.6 Å². The highest BCUT2D eigenvalue weighted by Gasteiger charge is 2.29. The summed E-state index contributed by atoms with van der Waals surface area (Å²) in [6, 6.07) is 3.91. The van der Waals surface area contributed by atoms with Crippen molar-refractivity contribution in [2.45, 2.75) is 13.5 Å². The van der Waals surface area contributed by atoms with E-state index in [0.29, 0.717) is 17.9 Å². The van der Waals surface area contributed by atoms with E-state index in [1.54, 1.807) is 7.11 Å². The number of hydrogen-bond acceptors (Lipinski definition) is 4. The van der Waals surface area contributed by atoms with Gasteiger partial charge in [-0.15, -0.1) is 0 Å². The van der Waals surface area contributed by atoms with Crippen molar-refractivity contribution in [1.29, 1.82) is 0 Å². The van der Waals surface area contributed by atoms with Crippen LogP contribution < -0.4 is 14.5 Å². The van der Waals surface area contributed by atoms with E-state index in [1.807, 2.05) is 26.1 Å². The number of aromatic nitrogens is 1. The molecule has 0 atom stereocenters. The molecule has 3 rings (SSSR count). The van der Waals surface area contributed by atoms with Crippen molar-refractivity contribution in [2.75, 3.05) is 53.0 Å². The molecule has 0 amide bonds. The fourth-order valence-corrected chi connectivity index (χ4v) is 4.56. The summed E-state index contributed by atoms with van der Waals surface area (Å²) < 4.78 is 13.8. The van der Waals surface area contributed by atoms with Gasteiger partial charge in [0.05, 0.1) is 41.6 Å². The summed E-state index contributed by atoms with van der Waals surface area (Å²) in [6.45, 7) is 8.10. The van der Waals surface area contributed by atoms with Gasteiger partial charge in [-0.25, -0.2) is 4.79 Å². The lowest BCUT2D eigenvalue weighted by atomic mass is 10.1. The third-order valence-corrected chi connectivity index (χ3v) is 6.24. The fourth-order valence-electron chi connectivity index (χ4n) is 4.06. The molecule has 0 spiro atoms. The third kappa shape index (κ3) is 4.20. The number of carbonyl (C=O) groups is 1. The van der Waals surface area contributed by atoms with Gasteiger partial charge in [0.2, 0.25) is 0 Å². The first-order valence-corrected chi connectivity index (χ1v) is 10.6. The Bertz CT molecular complexity index is 844. The molecule has 0 aliphatic carbocycles. The smallest absolute Gasteiger partial charge is 0.340 e. The van der Waals surface area contributed by atoms with Gasteiger partial charge in [0, 0.05) is 12.4 Å². The zero-order chi connectivity index (χ0) is 20.3. The molecule has 1 saturated heterocycles. The molecule has 154 valence electrons. The molecule has 1 aromatic heterocycles. The Hall–Kier alpha value is -1.61. The van der Waals surface area contributed by atoms with Gasteiger partial charge >= 0.3 is 5.97 Å². The SMILES string of the molecule is CCOC(=O)c1c(C[NH+]2CC[NH+](CCO)CC2)n(C)c2cc(Br)c(OC)cc12. The summed E-state index contributed by atoms with van der Waals surface area (Å²) in [4.78, 5) is 15.7. The third-order valence-electron chi connectivity index (χ3n) is 5.62. The number of halogens is 1. The highest BCUT2D eigenvalue weighted by Crippen LogP contribution is 2.34. The van der Waals surface area contributed by atoms with Gasteiger partial charge in [0.15, 0.2) is 0 Å². The van der Waals surface area contributed by atoms with Gasteiger partial charge < -0.3 is 28.9 Å². The van der Waals surface area contributed by atoms with Crippen molar-refractivity contribution >= 4 is 32.8 Å². The Morgan fingerprint density at radius 1 is 1.25 bits per heavy atom.